The molecular formula is C21H23N5O. The standard InChI is InChI=1S/C21H23N5O/c1-26-14-18(13-24-26)20-7-9-23-12-17(20)3-5-21(27)25-19-4-2-16-11-22-8-6-15(16)10-19/h2-5,10,12-14,22H,6-9,11H2,1H3,(H,25,27)/b5-3+. The molecule has 4 rings (SSSR count). The Morgan fingerprint density at radius 2 is 2.22 bits per heavy atom. The van der Waals surface area contributed by atoms with Gasteiger partial charge in [-0.1, -0.05) is 6.07 Å². The summed E-state index contributed by atoms with van der Waals surface area (Å²) in [6, 6.07) is 6.11. The first-order valence-electron chi connectivity index (χ1n) is 9.22. The molecule has 6 heteroatoms. The zero-order valence-corrected chi connectivity index (χ0v) is 15.4. The average Bonchev–Trinajstić information content (AvgIpc) is 3.13. The third-order valence-electron chi connectivity index (χ3n) is 4.90. The number of carbonyl (C=O) groups is 1. The monoisotopic (exact) mass is 361 g/mol. The molecule has 1 aromatic carbocycles. The highest BCUT2D eigenvalue weighted by molar-refractivity contribution is 6.02. The summed E-state index contributed by atoms with van der Waals surface area (Å²) in [7, 11) is 1.90. The van der Waals surface area contributed by atoms with Crippen molar-refractivity contribution >= 4 is 23.4 Å². The van der Waals surface area contributed by atoms with Gasteiger partial charge in [-0.2, -0.15) is 5.10 Å². The molecule has 2 aromatic rings. The lowest BCUT2D eigenvalue weighted by Crippen LogP contribution is -2.23. The van der Waals surface area contributed by atoms with Gasteiger partial charge in [-0.3, -0.25) is 14.5 Å². The van der Waals surface area contributed by atoms with Crippen LogP contribution in [0.3, 0.4) is 0 Å². The number of rotatable bonds is 4. The molecule has 0 bridgehead atoms. The van der Waals surface area contributed by atoms with Gasteiger partial charge in [-0.05, 0) is 59.9 Å². The minimum atomic E-state index is -0.138. The number of nitrogens with one attached hydrogen (secondary N) is 2. The Morgan fingerprint density at radius 3 is 3.07 bits per heavy atom. The van der Waals surface area contributed by atoms with Gasteiger partial charge in [-0.15, -0.1) is 0 Å². The summed E-state index contributed by atoms with van der Waals surface area (Å²) < 4.78 is 1.79. The molecule has 1 aromatic heterocycles. The van der Waals surface area contributed by atoms with Gasteiger partial charge in [0, 0.05) is 49.9 Å². The predicted octanol–water partition coefficient (Wildman–Crippen LogP) is 2.49. The van der Waals surface area contributed by atoms with Crippen molar-refractivity contribution in [2.45, 2.75) is 19.4 Å². The second-order valence-corrected chi connectivity index (χ2v) is 6.85. The first kappa shape index (κ1) is 17.4. The minimum Gasteiger partial charge on any atom is -0.323 e. The smallest absolute Gasteiger partial charge is 0.248 e. The maximum Gasteiger partial charge on any atom is 0.248 e. The maximum atomic E-state index is 12.4. The Kier molecular flexibility index (Phi) is 4.98. The highest BCUT2D eigenvalue weighted by atomic mass is 16.1. The van der Waals surface area contributed by atoms with Crippen LogP contribution < -0.4 is 10.6 Å². The molecule has 2 N–H and O–H groups in total. The third kappa shape index (κ3) is 4.06. The molecule has 0 aliphatic carbocycles. The van der Waals surface area contributed by atoms with Crippen molar-refractivity contribution in [2.75, 3.05) is 18.4 Å². The van der Waals surface area contributed by atoms with Gasteiger partial charge in [0.15, 0.2) is 0 Å². The van der Waals surface area contributed by atoms with E-state index in [9.17, 15) is 4.79 Å². The number of hydrogen-bond donors (Lipinski definition) is 2. The highest BCUT2D eigenvalue weighted by Gasteiger charge is 2.12. The van der Waals surface area contributed by atoms with Crippen LogP contribution in [0.15, 0.2) is 53.3 Å². The summed E-state index contributed by atoms with van der Waals surface area (Å²) in [4.78, 5) is 16.7. The molecule has 0 spiro atoms. The third-order valence-corrected chi connectivity index (χ3v) is 4.90. The molecule has 0 saturated heterocycles. The number of amides is 1. The zero-order chi connectivity index (χ0) is 18.6. The number of benzene rings is 1. The molecular weight excluding hydrogens is 338 g/mol. The molecule has 27 heavy (non-hydrogen) atoms. The Hall–Kier alpha value is -2.99. The topological polar surface area (TPSA) is 71.3 Å². The fourth-order valence-corrected chi connectivity index (χ4v) is 3.50. The van der Waals surface area contributed by atoms with E-state index in [-0.39, 0.29) is 5.91 Å². The summed E-state index contributed by atoms with van der Waals surface area (Å²) >= 11 is 0. The lowest BCUT2D eigenvalue weighted by atomic mass is 9.98. The Balaban J connectivity index is 1.49. The van der Waals surface area contributed by atoms with E-state index >= 15 is 0 Å². The number of dihydropyridines is 1. The van der Waals surface area contributed by atoms with E-state index in [0.717, 1.165) is 49.3 Å². The normalized spacial score (nSPS) is 16.6. The molecule has 0 unspecified atom stereocenters. The number of carbonyl (C=O) groups excluding carboxylic acids is 1. The number of fused-ring (bicyclic) bond motifs is 1. The van der Waals surface area contributed by atoms with Gasteiger partial charge in [-0.25, -0.2) is 0 Å². The van der Waals surface area contributed by atoms with Crippen LogP contribution in [0.2, 0.25) is 0 Å². The zero-order valence-electron chi connectivity index (χ0n) is 15.4. The molecule has 138 valence electrons. The lowest BCUT2D eigenvalue weighted by molar-refractivity contribution is -0.111. The van der Waals surface area contributed by atoms with Crippen LogP contribution in [-0.4, -0.2) is 35.0 Å². The number of hydrogen-bond acceptors (Lipinski definition) is 4. The van der Waals surface area contributed by atoms with E-state index in [2.05, 4.69) is 32.9 Å². The molecule has 0 saturated carbocycles. The quantitative estimate of drug-likeness (QED) is 0.822. The number of anilines is 1. The summed E-state index contributed by atoms with van der Waals surface area (Å²) in [5, 5.41) is 10.6. The van der Waals surface area contributed by atoms with E-state index in [1.807, 2.05) is 37.8 Å². The second kappa shape index (κ2) is 7.72. The van der Waals surface area contributed by atoms with Crippen LogP contribution in [0.4, 0.5) is 5.69 Å². The van der Waals surface area contributed by atoms with Gasteiger partial charge in [0.05, 0.1) is 6.20 Å². The van der Waals surface area contributed by atoms with Crippen molar-refractivity contribution in [1.82, 2.24) is 15.1 Å². The fraction of sp³-hybridized carbons (Fsp3) is 0.286. The van der Waals surface area contributed by atoms with Gasteiger partial charge >= 0.3 is 0 Å². The molecule has 0 atom stereocenters. The van der Waals surface area contributed by atoms with Crippen LogP contribution in [0.1, 0.15) is 23.1 Å². The Morgan fingerprint density at radius 1 is 1.30 bits per heavy atom. The first-order chi connectivity index (χ1) is 13.2. The van der Waals surface area contributed by atoms with E-state index < -0.39 is 0 Å². The molecule has 0 radical (unpaired) electrons. The Labute approximate surface area is 158 Å². The summed E-state index contributed by atoms with van der Waals surface area (Å²) in [6.45, 7) is 2.64. The van der Waals surface area contributed by atoms with Crippen molar-refractivity contribution in [3.05, 3.63) is 65.0 Å². The van der Waals surface area contributed by atoms with E-state index in [1.165, 1.54) is 16.7 Å². The number of aryl methyl sites for hydroxylation is 1. The SMILES string of the molecule is Cn1cc(C2=C(/C=C/C(=O)Nc3ccc4c(c3)CCNC4)C=NCC2)cn1. The second-order valence-electron chi connectivity index (χ2n) is 6.85. The average molecular weight is 361 g/mol. The van der Waals surface area contributed by atoms with Gasteiger partial charge in [0.1, 0.15) is 0 Å². The van der Waals surface area contributed by atoms with E-state index in [4.69, 9.17) is 0 Å². The van der Waals surface area contributed by atoms with Crippen molar-refractivity contribution in [3.63, 3.8) is 0 Å². The number of aliphatic imine (C=N–C) groups is 1. The largest absolute Gasteiger partial charge is 0.323 e. The van der Waals surface area contributed by atoms with Crippen LogP contribution in [0.25, 0.3) is 5.57 Å². The lowest BCUT2D eigenvalue weighted by Gasteiger charge is -2.17. The molecule has 2 aliphatic rings. The van der Waals surface area contributed by atoms with Crippen LogP contribution in [-0.2, 0) is 24.8 Å². The maximum absolute atomic E-state index is 12.4. The Bertz CT molecular complexity index is 951. The van der Waals surface area contributed by atoms with Crippen molar-refractivity contribution in [2.24, 2.45) is 12.0 Å². The first-order valence-corrected chi connectivity index (χ1v) is 9.22. The summed E-state index contributed by atoms with van der Waals surface area (Å²) in [6.07, 6.45) is 10.9. The molecule has 6 nitrogen and oxygen atoms in total. The molecule has 0 fully saturated rings. The minimum absolute atomic E-state index is 0.138. The summed E-state index contributed by atoms with van der Waals surface area (Å²) in [5.74, 6) is -0.138. The van der Waals surface area contributed by atoms with Gasteiger partial charge in [0.25, 0.3) is 0 Å². The van der Waals surface area contributed by atoms with E-state index in [0.29, 0.717) is 0 Å². The van der Waals surface area contributed by atoms with Crippen molar-refractivity contribution in [1.29, 1.82) is 0 Å². The fourth-order valence-electron chi connectivity index (χ4n) is 3.50. The molecule has 2 aliphatic heterocycles. The molecule has 1 amide bonds. The summed E-state index contributed by atoms with van der Waals surface area (Å²) in [5.41, 5.74) is 6.65. The van der Waals surface area contributed by atoms with Gasteiger partial charge < -0.3 is 10.6 Å². The van der Waals surface area contributed by atoms with Crippen LogP contribution in [0, 0.1) is 0 Å². The highest BCUT2D eigenvalue weighted by Crippen LogP contribution is 2.25. The molecule has 3 heterocycles. The predicted molar refractivity (Wildman–Crippen MR) is 108 cm³/mol. The number of allylic oxidation sites excluding steroid dienone is 2. The van der Waals surface area contributed by atoms with E-state index in [1.54, 1.807) is 10.8 Å². The number of aromatic nitrogens is 2. The van der Waals surface area contributed by atoms with Crippen LogP contribution >= 0.6 is 0 Å². The van der Waals surface area contributed by atoms with Gasteiger partial charge in [0.2, 0.25) is 5.91 Å². The van der Waals surface area contributed by atoms with Crippen molar-refractivity contribution < 1.29 is 4.79 Å². The van der Waals surface area contributed by atoms with Crippen LogP contribution in [0.5, 0.6) is 0 Å². The number of nitrogens with zero attached hydrogens (tertiary/aromatic N) is 3. The van der Waals surface area contributed by atoms with Crippen molar-refractivity contribution in [3.8, 4) is 0 Å².